The number of carbonyl (C=O) groups is 2. The molecule has 3 rings (SSSR count). The highest BCUT2D eigenvalue weighted by atomic mass is 16.2. The molecule has 0 aliphatic carbocycles. The highest BCUT2D eigenvalue weighted by molar-refractivity contribution is 5.97. The van der Waals surface area contributed by atoms with Gasteiger partial charge in [-0.2, -0.15) is 0 Å². The van der Waals surface area contributed by atoms with Crippen LogP contribution in [0.25, 0.3) is 11.0 Å². The summed E-state index contributed by atoms with van der Waals surface area (Å²) < 4.78 is 0. The summed E-state index contributed by atoms with van der Waals surface area (Å²) in [5.74, 6) is -0.432. The minimum absolute atomic E-state index is 0.0668. The number of primary amides is 1. The lowest BCUT2D eigenvalue weighted by Gasteiger charge is -2.35. The van der Waals surface area contributed by atoms with E-state index in [0.29, 0.717) is 17.6 Å². The molecular formula is C18H22N4O2. The van der Waals surface area contributed by atoms with Gasteiger partial charge in [0, 0.05) is 24.6 Å². The predicted molar refractivity (Wildman–Crippen MR) is 91.5 cm³/mol. The van der Waals surface area contributed by atoms with Gasteiger partial charge < -0.3 is 10.6 Å². The van der Waals surface area contributed by atoms with Crippen molar-refractivity contribution in [2.45, 2.75) is 45.6 Å². The van der Waals surface area contributed by atoms with E-state index in [0.717, 1.165) is 36.2 Å². The van der Waals surface area contributed by atoms with E-state index in [2.05, 4.69) is 9.97 Å². The lowest BCUT2D eigenvalue weighted by molar-refractivity contribution is -0.119. The first-order valence-corrected chi connectivity index (χ1v) is 8.30. The zero-order valence-corrected chi connectivity index (χ0v) is 14.1. The normalized spacial score (nSPS) is 17.9. The van der Waals surface area contributed by atoms with Crippen molar-refractivity contribution in [2.24, 2.45) is 5.73 Å². The summed E-state index contributed by atoms with van der Waals surface area (Å²) >= 11 is 0. The van der Waals surface area contributed by atoms with Crippen LogP contribution in [-0.2, 0) is 4.79 Å². The number of piperidine rings is 1. The monoisotopic (exact) mass is 326 g/mol. The quantitative estimate of drug-likeness (QED) is 0.935. The average molecular weight is 326 g/mol. The zero-order chi connectivity index (χ0) is 17.3. The van der Waals surface area contributed by atoms with E-state index < -0.39 is 0 Å². The smallest absolute Gasteiger partial charge is 0.254 e. The molecule has 1 aliphatic heterocycles. The Balaban J connectivity index is 1.91. The average Bonchev–Trinajstić information content (AvgIpc) is 2.55. The number of aryl methyl sites for hydroxylation is 2. The Hall–Kier alpha value is -2.50. The van der Waals surface area contributed by atoms with Gasteiger partial charge >= 0.3 is 0 Å². The lowest BCUT2D eigenvalue weighted by atomic mass is 9.98. The van der Waals surface area contributed by atoms with Crippen molar-refractivity contribution in [2.75, 3.05) is 6.54 Å². The number of aromatic nitrogens is 2. The van der Waals surface area contributed by atoms with Crippen molar-refractivity contribution in [1.29, 1.82) is 0 Å². The van der Waals surface area contributed by atoms with Crippen LogP contribution in [0.5, 0.6) is 0 Å². The van der Waals surface area contributed by atoms with Crippen LogP contribution in [0.3, 0.4) is 0 Å². The van der Waals surface area contributed by atoms with Crippen LogP contribution in [0.15, 0.2) is 18.2 Å². The van der Waals surface area contributed by atoms with Crippen LogP contribution in [0, 0.1) is 13.8 Å². The van der Waals surface area contributed by atoms with Gasteiger partial charge in [0.25, 0.3) is 5.91 Å². The fourth-order valence-corrected chi connectivity index (χ4v) is 3.24. The molecule has 1 aromatic heterocycles. The summed E-state index contributed by atoms with van der Waals surface area (Å²) in [6, 6.07) is 5.29. The molecular weight excluding hydrogens is 304 g/mol. The summed E-state index contributed by atoms with van der Waals surface area (Å²) in [5.41, 5.74) is 9.16. The molecule has 2 amide bonds. The van der Waals surface area contributed by atoms with E-state index in [-0.39, 0.29) is 24.3 Å². The van der Waals surface area contributed by atoms with E-state index in [1.54, 1.807) is 17.0 Å². The van der Waals surface area contributed by atoms with Gasteiger partial charge in [-0.1, -0.05) is 0 Å². The second kappa shape index (κ2) is 6.55. The Kier molecular flexibility index (Phi) is 4.46. The molecule has 24 heavy (non-hydrogen) atoms. The van der Waals surface area contributed by atoms with Crippen LogP contribution in [-0.4, -0.2) is 39.3 Å². The van der Waals surface area contributed by atoms with Crippen LogP contribution in [0.2, 0.25) is 0 Å². The van der Waals surface area contributed by atoms with E-state index in [9.17, 15) is 9.59 Å². The Labute approximate surface area is 141 Å². The van der Waals surface area contributed by atoms with Crippen molar-refractivity contribution in [3.63, 3.8) is 0 Å². The maximum Gasteiger partial charge on any atom is 0.254 e. The first-order chi connectivity index (χ1) is 11.5. The standard InChI is InChI=1S/C18H22N4O2/c1-11-12(2)21-16-9-13(6-7-15(16)20-11)18(24)22-8-4-3-5-14(22)10-17(19)23/h6-7,9,14H,3-5,8,10H2,1-2H3,(H2,19,23)/t14-/m1/s1. The molecule has 1 atom stereocenters. The molecule has 6 heteroatoms. The molecule has 0 spiro atoms. The Morgan fingerprint density at radius 3 is 2.58 bits per heavy atom. The third kappa shape index (κ3) is 3.22. The molecule has 1 fully saturated rings. The first-order valence-electron chi connectivity index (χ1n) is 8.30. The van der Waals surface area contributed by atoms with Crippen LogP contribution in [0.1, 0.15) is 47.4 Å². The molecule has 126 valence electrons. The summed E-state index contributed by atoms with van der Waals surface area (Å²) in [6.45, 7) is 4.49. The second-order valence-electron chi connectivity index (χ2n) is 6.42. The maximum absolute atomic E-state index is 12.9. The van der Waals surface area contributed by atoms with Gasteiger partial charge in [0.15, 0.2) is 0 Å². The van der Waals surface area contributed by atoms with Gasteiger partial charge in [-0.05, 0) is 51.3 Å². The zero-order valence-electron chi connectivity index (χ0n) is 14.1. The Morgan fingerprint density at radius 2 is 1.88 bits per heavy atom. The van der Waals surface area contributed by atoms with E-state index in [1.807, 2.05) is 19.9 Å². The molecule has 2 heterocycles. The highest BCUT2D eigenvalue weighted by Gasteiger charge is 2.28. The molecule has 0 saturated carbocycles. The molecule has 2 aromatic rings. The number of likely N-dealkylation sites (tertiary alicyclic amines) is 1. The fourth-order valence-electron chi connectivity index (χ4n) is 3.24. The number of carbonyl (C=O) groups excluding carboxylic acids is 2. The number of rotatable bonds is 3. The van der Waals surface area contributed by atoms with Gasteiger partial charge in [0.2, 0.25) is 5.91 Å². The van der Waals surface area contributed by atoms with Gasteiger partial charge in [-0.25, -0.2) is 9.97 Å². The topological polar surface area (TPSA) is 89.2 Å². The van der Waals surface area contributed by atoms with Crippen molar-refractivity contribution in [1.82, 2.24) is 14.9 Å². The minimum atomic E-state index is -0.366. The molecule has 6 nitrogen and oxygen atoms in total. The molecule has 0 unspecified atom stereocenters. The van der Waals surface area contributed by atoms with E-state index in [4.69, 9.17) is 5.73 Å². The number of amides is 2. The van der Waals surface area contributed by atoms with Crippen LogP contribution < -0.4 is 5.73 Å². The molecule has 1 saturated heterocycles. The van der Waals surface area contributed by atoms with Gasteiger partial charge in [0.05, 0.1) is 22.4 Å². The number of hydrogen-bond acceptors (Lipinski definition) is 4. The highest BCUT2D eigenvalue weighted by Crippen LogP contribution is 2.23. The van der Waals surface area contributed by atoms with Gasteiger partial charge in [0.1, 0.15) is 0 Å². The SMILES string of the molecule is Cc1nc2ccc(C(=O)N3CCCC[C@@H]3CC(N)=O)cc2nc1C. The number of fused-ring (bicyclic) bond motifs is 1. The Morgan fingerprint density at radius 1 is 1.17 bits per heavy atom. The summed E-state index contributed by atoms with van der Waals surface area (Å²) in [4.78, 5) is 35.0. The molecule has 1 aliphatic rings. The largest absolute Gasteiger partial charge is 0.370 e. The lowest BCUT2D eigenvalue weighted by Crippen LogP contribution is -2.45. The number of nitrogens with zero attached hydrogens (tertiary/aromatic N) is 3. The van der Waals surface area contributed by atoms with E-state index in [1.165, 1.54) is 0 Å². The van der Waals surface area contributed by atoms with Crippen LogP contribution >= 0.6 is 0 Å². The second-order valence-corrected chi connectivity index (χ2v) is 6.42. The minimum Gasteiger partial charge on any atom is -0.370 e. The van der Waals surface area contributed by atoms with Crippen molar-refractivity contribution in [3.05, 3.63) is 35.2 Å². The first kappa shape index (κ1) is 16.4. The number of benzene rings is 1. The third-order valence-electron chi connectivity index (χ3n) is 4.65. The van der Waals surface area contributed by atoms with E-state index >= 15 is 0 Å². The van der Waals surface area contributed by atoms with Crippen molar-refractivity contribution < 1.29 is 9.59 Å². The third-order valence-corrected chi connectivity index (χ3v) is 4.65. The maximum atomic E-state index is 12.9. The summed E-state index contributed by atoms with van der Waals surface area (Å²) in [7, 11) is 0. The molecule has 0 radical (unpaired) electrons. The van der Waals surface area contributed by atoms with Crippen LogP contribution in [0.4, 0.5) is 0 Å². The van der Waals surface area contributed by atoms with Gasteiger partial charge in [-0.15, -0.1) is 0 Å². The van der Waals surface area contributed by atoms with Gasteiger partial charge in [-0.3, -0.25) is 9.59 Å². The molecule has 0 bridgehead atoms. The molecule has 2 N–H and O–H groups in total. The summed E-state index contributed by atoms with van der Waals surface area (Å²) in [6.07, 6.45) is 3.01. The predicted octanol–water partition coefficient (Wildman–Crippen LogP) is 2.12. The number of nitrogens with two attached hydrogens (primary N) is 1. The fraction of sp³-hybridized carbons (Fsp3) is 0.444. The van der Waals surface area contributed by atoms with Crippen molar-refractivity contribution in [3.8, 4) is 0 Å². The Bertz CT molecular complexity index is 803. The molecule has 1 aromatic carbocycles. The van der Waals surface area contributed by atoms with Crippen molar-refractivity contribution >= 4 is 22.8 Å². The summed E-state index contributed by atoms with van der Waals surface area (Å²) in [5, 5.41) is 0. The number of hydrogen-bond donors (Lipinski definition) is 1.